The maximum atomic E-state index is 3.31. The van der Waals surface area contributed by atoms with E-state index in [0.29, 0.717) is 0 Å². The molecule has 2 heteroatoms. The van der Waals surface area contributed by atoms with Crippen molar-refractivity contribution in [2.45, 2.75) is 23.7 Å². The van der Waals surface area contributed by atoms with Gasteiger partial charge in [-0.05, 0) is 32.9 Å². The minimum absolute atomic E-state index is 0.943. The molecular weight excluding hydrogens is 285 g/mol. The standard InChI is InChI=1S/C7H8.C5H10IN/c1-7-5-3-2-4-6-7;6-5-1-3-7-4-2-5/h2-6H,1H3;5,7H,1-4H2. The smallest absolute Gasteiger partial charge is 0.0134 e. The van der Waals surface area contributed by atoms with E-state index < -0.39 is 0 Å². The van der Waals surface area contributed by atoms with Gasteiger partial charge in [-0.2, -0.15) is 0 Å². The van der Waals surface area contributed by atoms with E-state index >= 15 is 0 Å². The third-order valence-corrected chi connectivity index (χ3v) is 3.45. The van der Waals surface area contributed by atoms with Gasteiger partial charge >= 0.3 is 0 Å². The predicted octanol–water partition coefficient (Wildman–Crippen LogP) is 3.17. The molecular formula is C12H18IN. The molecule has 0 saturated carbocycles. The first-order valence-electron chi connectivity index (χ1n) is 5.15. The predicted molar refractivity (Wildman–Crippen MR) is 71.1 cm³/mol. The van der Waals surface area contributed by atoms with Crippen LogP contribution in [-0.2, 0) is 0 Å². The van der Waals surface area contributed by atoms with Gasteiger partial charge in [-0.25, -0.2) is 0 Å². The fourth-order valence-electron chi connectivity index (χ4n) is 1.32. The molecule has 1 aliphatic heterocycles. The molecule has 1 heterocycles. The van der Waals surface area contributed by atoms with E-state index in [1.165, 1.54) is 31.5 Å². The van der Waals surface area contributed by atoms with Crippen molar-refractivity contribution in [1.82, 2.24) is 5.32 Å². The molecule has 78 valence electrons. The highest BCUT2D eigenvalue weighted by molar-refractivity contribution is 14.1. The van der Waals surface area contributed by atoms with Crippen LogP contribution in [0.3, 0.4) is 0 Å². The summed E-state index contributed by atoms with van der Waals surface area (Å²) in [5.74, 6) is 0. The molecule has 1 aromatic carbocycles. The number of aryl methyl sites for hydroxylation is 1. The van der Waals surface area contributed by atoms with Crippen LogP contribution in [0.2, 0.25) is 0 Å². The highest BCUT2D eigenvalue weighted by Crippen LogP contribution is 2.11. The molecule has 1 aromatic rings. The minimum atomic E-state index is 0.943. The van der Waals surface area contributed by atoms with Crippen LogP contribution in [0, 0.1) is 6.92 Å². The van der Waals surface area contributed by atoms with Crippen LogP contribution < -0.4 is 5.32 Å². The molecule has 0 atom stereocenters. The van der Waals surface area contributed by atoms with Crippen LogP contribution in [0.1, 0.15) is 18.4 Å². The molecule has 1 nitrogen and oxygen atoms in total. The summed E-state index contributed by atoms with van der Waals surface area (Å²) in [5.41, 5.74) is 1.32. The Hall–Kier alpha value is -0.0900. The maximum absolute atomic E-state index is 3.31. The minimum Gasteiger partial charge on any atom is -0.317 e. The Morgan fingerprint density at radius 2 is 1.71 bits per heavy atom. The van der Waals surface area contributed by atoms with Crippen LogP contribution in [0.25, 0.3) is 0 Å². The number of benzene rings is 1. The molecule has 1 saturated heterocycles. The third kappa shape index (κ3) is 5.60. The lowest BCUT2D eigenvalue weighted by Crippen LogP contribution is -2.27. The first kappa shape index (κ1) is 12.0. The van der Waals surface area contributed by atoms with Crippen LogP contribution in [-0.4, -0.2) is 17.0 Å². The van der Waals surface area contributed by atoms with Crippen molar-refractivity contribution in [3.63, 3.8) is 0 Å². The van der Waals surface area contributed by atoms with E-state index in [1.807, 2.05) is 18.2 Å². The number of halogens is 1. The van der Waals surface area contributed by atoms with E-state index in [0.717, 1.165) is 3.92 Å². The first-order valence-corrected chi connectivity index (χ1v) is 6.40. The van der Waals surface area contributed by atoms with Gasteiger partial charge in [0, 0.05) is 3.92 Å². The first-order chi connectivity index (χ1) is 6.79. The van der Waals surface area contributed by atoms with Gasteiger partial charge in [0.15, 0.2) is 0 Å². The van der Waals surface area contributed by atoms with Crippen LogP contribution >= 0.6 is 22.6 Å². The summed E-state index contributed by atoms with van der Waals surface area (Å²) in [6, 6.07) is 10.3. The topological polar surface area (TPSA) is 12.0 Å². The van der Waals surface area contributed by atoms with Crippen molar-refractivity contribution in [3.05, 3.63) is 35.9 Å². The van der Waals surface area contributed by atoms with Gasteiger partial charge < -0.3 is 5.32 Å². The van der Waals surface area contributed by atoms with Crippen molar-refractivity contribution in [3.8, 4) is 0 Å². The number of rotatable bonds is 0. The monoisotopic (exact) mass is 303 g/mol. The molecule has 1 fully saturated rings. The van der Waals surface area contributed by atoms with E-state index in [2.05, 4.69) is 47.0 Å². The average Bonchev–Trinajstić information content (AvgIpc) is 2.21. The Morgan fingerprint density at radius 1 is 1.14 bits per heavy atom. The van der Waals surface area contributed by atoms with Crippen molar-refractivity contribution >= 4 is 22.6 Å². The Bertz CT molecular complexity index is 229. The van der Waals surface area contributed by atoms with Gasteiger partial charge in [0.1, 0.15) is 0 Å². The summed E-state index contributed by atoms with van der Waals surface area (Å²) >= 11 is 2.52. The summed E-state index contributed by atoms with van der Waals surface area (Å²) in [4.78, 5) is 0. The van der Waals surface area contributed by atoms with Crippen LogP contribution in [0.4, 0.5) is 0 Å². The molecule has 14 heavy (non-hydrogen) atoms. The van der Waals surface area contributed by atoms with Gasteiger partial charge in [-0.15, -0.1) is 0 Å². The van der Waals surface area contributed by atoms with Gasteiger partial charge in [-0.1, -0.05) is 58.5 Å². The van der Waals surface area contributed by atoms with Gasteiger partial charge in [0.2, 0.25) is 0 Å². The normalized spacial score (nSPS) is 17.0. The second kappa shape index (κ2) is 7.23. The molecule has 0 spiro atoms. The summed E-state index contributed by atoms with van der Waals surface area (Å²) in [7, 11) is 0. The van der Waals surface area contributed by atoms with E-state index in [4.69, 9.17) is 0 Å². The Morgan fingerprint density at radius 3 is 2.00 bits per heavy atom. The molecule has 0 amide bonds. The highest BCUT2D eigenvalue weighted by Gasteiger charge is 2.06. The molecule has 0 unspecified atom stereocenters. The van der Waals surface area contributed by atoms with Crippen LogP contribution in [0.15, 0.2) is 30.3 Å². The van der Waals surface area contributed by atoms with E-state index in [-0.39, 0.29) is 0 Å². The molecule has 0 aliphatic carbocycles. The molecule has 0 bridgehead atoms. The summed E-state index contributed by atoms with van der Waals surface area (Å²) in [6.07, 6.45) is 2.72. The van der Waals surface area contributed by atoms with Gasteiger partial charge in [0.25, 0.3) is 0 Å². The summed E-state index contributed by atoms with van der Waals surface area (Å²) in [5, 5.41) is 3.31. The van der Waals surface area contributed by atoms with Crippen molar-refractivity contribution in [2.75, 3.05) is 13.1 Å². The zero-order chi connectivity index (χ0) is 10.2. The maximum Gasteiger partial charge on any atom is 0.0134 e. The van der Waals surface area contributed by atoms with Gasteiger partial charge in [0.05, 0.1) is 0 Å². The molecule has 0 radical (unpaired) electrons. The Labute approximate surface area is 100 Å². The van der Waals surface area contributed by atoms with Crippen molar-refractivity contribution in [2.24, 2.45) is 0 Å². The SMILES string of the molecule is Cc1ccccc1.IC1CCNCC1. The second-order valence-corrected chi connectivity index (χ2v) is 5.34. The van der Waals surface area contributed by atoms with Crippen molar-refractivity contribution < 1.29 is 0 Å². The van der Waals surface area contributed by atoms with Crippen LogP contribution in [0.5, 0.6) is 0 Å². The number of alkyl halides is 1. The number of piperidine rings is 1. The summed E-state index contributed by atoms with van der Waals surface area (Å²) < 4.78 is 0.943. The van der Waals surface area contributed by atoms with E-state index in [1.54, 1.807) is 0 Å². The van der Waals surface area contributed by atoms with E-state index in [9.17, 15) is 0 Å². The fourth-order valence-corrected chi connectivity index (χ4v) is 1.94. The molecule has 1 aliphatic rings. The fraction of sp³-hybridized carbons (Fsp3) is 0.500. The summed E-state index contributed by atoms with van der Waals surface area (Å²) in [6.45, 7) is 4.54. The lowest BCUT2D eigenvalue weighted by atomic mass is 10.2. The third-order valence-electron chi connectivity index (χ3n) is 2.21. The Kier molecular flexibility index (Phi) is 6.19. The number of hydrogen-bond acceptors (Lipinski definition) is 1. The zero-order valence-corrected chi connectivity index (χ0v) is 10.8. The van der Waals surface area contributed by atoms with Gasteiger partial charge in [-0.3, -0.25) is 0 Å². The molecule has 0 aromatic heterocycles. The largest absolute Gasteiger partial charge is 0.317 e. The number of nitrogens with one attached hydrogen (secondary N) is 1. The average molecular weight is 303 g/mol. The lowest BCUT2D eigenvalue weighted by molar-refractivity contribution is 0.543. The molecule has 1 N–H and O–H groups in total. The quantitative estimate of drug-likeness (QED) is 0.573. The second-order valence-electron chi connectivity index (χ2n) is 3.58. The Balaban J connectivity index is 0.000000140. The highest BCUT2D eigenvalue weighted by atomic mass is 127. The van der Waals surface area contributed by atoms with Crippen molar-refractivity contribution in [1.29, 1.82) is 0 Å². The zero-order valence-electron chi connectivity index (χ0n) is 8.67. The molecule has 2 rings (SSSR count). The lowest BCUT2D eigenvalue weighted by Gasteiger charge is -2.15. The number of hydrogen-bond donors (Lipinski definition) is 1.